The Balaban J connectivity index is 2.09. The number of primary amides is 1. The van der Waals surface area contributed by atoms with E-state index >= 15 is 0 Å². The molecule has 0 aliphatic carbocycles. The Labute approximate surface area is 129 Å². The molecule has 0 unspecified atom stereocenters. The maximum atomic E-state index is 13.6. The first-order chi connectivity index (χ1) is 9.97. The summed E-state index contributed by atoms with van der Waals surface area (Å²) in [4.78, 5) is 23.0. The monoisotopic (exact) mass is 350 g/mol. The number of amides is 2. The molecule has 3 N–H and O–H groups in total. The van der Waals surface area contributed by atoms with Gasteiger partial charge in [0.2, 0.25) is 5.91 Å². The molecule has 2 rings (SSSR count). The van der Waals surface area contributed by atoms with Gasteiger partial charge in [-0.1, -0.05) is 28.1 Å². The molecule has 4 nitrogen and oxygen atoms in total. The molecule has 2 aromatic rings. The van der Waals surface area contributed by atoms with Crippen LogP contribution in [-0.4, -0.2) is 11.8 Å². The predicted molar refractivity (Wildman–Crippen MR) is 80.2 cm³/mol. The number of nitrogens with one attached hydrogen (secondary N) is 1. The first kappa shape index (κ1) is 15.2. The molecule has 0 saturated heterocycles. The van der Waals surface area contributed by atoms with Gasteiger partial charge in [-0.3, -0.25) is 9.59 Å². The van der Waals surface area contributed by atoms with Crippen molar-refractivity contribution in [2.45, 2.75) is 6.54 Å². The summed E-state index contributed by atoms with van der Waals surface area (Å²) in [7, 11) is 0. The number of rotatable bonds is 4. The molecule has 6 heteroatoms. The van der Waals surface area contributed by atoms with Crippen LogP contribution in [0.2, 0.25) is 0 Å². The van der Waals surface area contributed by atoms with Gasteiger partial charge in [0.1, 0.15) is 5.82 Å². The van der Waals surface area contributed by atoms with Crippen molar-refractivity contribution in [1.29, 1.82) is 0 Å². The largest absolute Gasteiger partial charge is 0.366 e. The topological polar surface area (TPSA) is 72.2 Å². The van der Waals surface area contributed by atoms with Crippen LogP contribution in [0.1, 0.15) is 26.3 Å². The molecule has 21 heavy (non-hydrogen) atoms. The summed E-state index contributed by atoms with van der Waals surface area (Å²) in [5, 5.41) is 2.60. The minimum Gasteiger partial charge on any atom is -0.366 e. The van der Waals surface area contributed by atoms with Crippen molar-refractivity contribution in [2.24, 2.45) is 5.73 Å². The lowest BCUT2D eigenvalue weighted by Crippen LogP contribution is -2.24. The SMILES string of the molecule is NC(=O)c1cccc(CNC(=O)c2cc(Br)ccc2F)c1. The van der Waals surface area contributed by atoms with E-state index in [2.05, 4.69) is 21.2 Å². The minimum atomic E-state index is -0.596. The average molecular weight is 351 g/mol. The molecule has 0 aromatic heterocycles. The number of carbonyl (C=O) groups is 2. The van der Waals surface area contributed by atoms with Gasteiger partial charge in [0.05, 0.1) is 5.56 Å². The molecule has 2 aromatic carbocycles. The predicted octanol–water partition coefficient (Wildman–Crippen LogP) is 2.62. The number of hydrogen-bond donors (Lipinski definition) is 2. The van der Waals surface area contributed by atoms with Gasteiger partial charge in [-0.15, -0.1) is 0 Å². The molecule has 0 radical (unpaired) electrons. The van der Waals surface area contributed by atoms with Crippen LogP contribution in [0.5, 0.6) is 0 Å². The lowest BCUT2D eigenvalue weighted by atomic mass is 10.1. The second-order valence-corrected chi connectivity index (χ2v) is 5.29. The normalized spacial score (nSPS) is 10.2. The summed E-state index contributed by atoms with van der Waals surface area (Å²) >= 11 is 3.19. The molecule has 0 bridgehead atoms. The van der Waals surface area contributed by atoms with Crippen LogP contribution in [0.15, 0.2) is 46.9 Å². The fourth-order valence-electron chi connectivity index (χ4n) is 1.78. The lowest BCUT2D eigenvalue weighted by Gasteiger charge is -2.07. The van der Waals surface area contributed by atoms with E-state index < -0.39 is 17.6 Å². The number of halogens is 2. The van der Waals surface area contributed by atoms with Gasteiger partial charge in [-0.2, -0.15) is 0 Å². The number of hydrogen-bond acceptors (Lipinski definition) is 2. The molecule has 0 atom stereocenters. The van der Waals surface area contributed by atoms with E-state index in [1.807, 2.05) is 0 Å². The molecular formula is C15H12BrFN2O2. The Kier molecular flexibility index (Phi) is 4.70. The zero-order valence-electron chi connectivity index (χ0n) is 10.9. The third kappa shape index (κ3) is 3.88. The Morgan fingerprint density at radius 1 is 1.19 bits per heavy atom. The van der Waals surface area contributed by atoms with Crippen molar-refractivity contribution >= 4 is 27.7 Å². The van der Waals surface area contributed by atoms with Gasteiger partial charge in [0, 0.05) is 16.6 Å². The Hall–Kier alpha value is -2.21. The number of carbonyl (C=O) groups excluding carboxylic acids is 2. The fraction of sp³-hybridized carbons (Fsp3) is 0.0667. The van der Waals surface area contributed by atoms with Crippen molar-refractivity contribution in [1.82, 2.24) is 5.32 Å². The van der Waals surface area contributed by atoms with Crippen molar-refractivity contribution in [3.05, 3.63) is 69.4 Å². The highest BCUT2D eigenvalue weighted by atomic mass is 79.9. The average Bonchev–Trinajstić information content (AvgIpc) is 2.47. The molecule has 0 heterocycles. The van der Waals surface area contributed by atoms with Crippen LogP contribution >= 0.6 is 15.9 Å². The van der Waals surface area contributed by atoms with Crippen molar-refractivity contribution in [3.63, 3.8) is 0 Å². The zero-order valence-corrected chi connectivity index (χ0v) is 12.5. The van der Waals surface area contributed by atoms with E-state index in [9.17, 15) is 14.0 Å². The van der Waals surface area contributed by atoms with Gasteiger partial charge < -0.3 is 11.1 Å². The highest BCUT2D eigenvalue weighted by Gasteiger charge is 2.12. The number of nitrogens with two attached hydrogens (primary N) is 1. The molecule has 0 fully saturated rings. The van der Waals surface area contributed by atoms with Crippen molar-refractivity contribution in [2.75, 3.05) is 0 Å². The van der Waals surface area contributed by atoms with Crippen LogP contribution in [0.4, 0.5) is 4.39 Å². The third-order valence-electron chi connectivity index (χ3n) is 2.84. The first-order valence-corrected chi connectivity index (χ1v) is 6.88. The van der Waals surface area contributed by atoms with Crippen LogP contribution in [0, 0.1) is 5.82 Å². The molecular weight excluding hydrogens is 339 g/mol. The summed E-state index contributed by atoms with van der Waals surface area (Å²) in [5.74, 6) is -1.67. The van der Waals surface area contributed by atoms with Crippen LogP contribution in [0.25, 0.3) is 0 Å². The van der Waals surface area contributed by atoms with Gasteiger partial charge >= 0.3 is 0 Å². The summed E-state index contributed by atoms with van der Waals surface area (Å²) in [6.07, 6.45) is 0. The van der Waals surface area contributed by atoms with Gasteiger partial charge in [-0.05, 0) is 35.9 Å². The maximum Gasteiger partial charge on any atom is 0.254 e. The van der Waals surface area contributed by atoms with Crippen LogP contribution in [-0.2, 0) is 6.54 Å². The highest BCUT2D eigenvalue weighted by Crippen LogP contribution is 2.15. The van der Waals surface area contributed by atoms with E-state index in [0.717, 1.165) is 0 Å². The first-order valence-electron chi connectivity index (χ1n) is 6.09. The second kappa shape index (κ2) is 6.49. The summed E-state index contributed by atoms with van der Waals surface area (Å²) in [6.45, 7) is 0.173. The summed E-state index contributed by atoms with van der Waals surface area (Å²) in [5.41, 5.74) is 6.20. The molecule has 2 amide bonds. The summed E-state index contributed by atoms with van der Waals surface area (Å²) < 4.78 is 14.2. The standard InChI is InChI=1S/C15H12BrFN2O2/c16-11-4-5-13(17)12(7-11)15(21)19-8-9-2-1-3-10(6-9)14(18)20/h1-7H,8H2,(H2,18,20)(H,19,21). The van der Waals surface area contributed by atoms with Crippen LogP contribution in [0.3, 0.4) is 0 Å². The van der Waals surface area contributed by atoms with E-state index in [4.69, 9.17) is 5.73 Å². The van der Waals surface area contributed by atoms with Gasteiger partial charge in [0.15, 0.2) is 0 Å². The second-order valence-electron chi connectivity index (χ2n) is 4.37. The van der Waals surface area contributed by atoms with E-state index in [0.29, 0.717) is 15.6 Å². The Morgan fingerprint density at radius 2 is 1.95 bits per heavy atom. The minimum absolute atomic E-state index is 0.0459. The lowest BCUT2D eigenvalue weighted by molar-refractivity contribution is 0.0946. The third-order valence-corrected chi connectivity index (χ3v) is 3.33. The van der Waals surface area contributed by atoms with E-state index in [1.165, 1.54) is 18.2 Å². The van der Waals surface area contributed by atoms with Gasteiger partial charge in [-0.25, -0.2) is 4.39 Å². The Bertz CT molecular complexity index is 704. The smallest absolute Gasteiger partial charge is 0.254 e. The van der Waals surface area contributed by atoms with Crippen molar-refractivity contribution in [3.8, 4) is 0 Å². The molecule has 0 spiro atoms. The fourth-order valence-corrected chi connectivity index (χ4v) is 2.14. The molecule has 0 saturated carbocycles. The van der Waals surface area contributed by atoms with Gasteiger partial charge in [0.25, 0.3) is 5.91 Å². The zero-order chi connectivity index (χ0) is 15.4. The molecule has 0 aliphatic heterocycles. The van der Waals surface area contributed by atoms with E-state index in [-0.39, 0.29) is 12.1 Å². The maximum absolute atomic E-state index is 13.6. The van der Waals surface area contributed by atoms with Crippen LogP contribution < -0.4 is 11.1 Å². The Morgan fingerprint density at radius 3 is 2.67 bits per heavy atom. The highest BCUT2D eigenvalue weighted by molar-refractivity contribution is 9.10. The number of benzene rings is 2. The quantitative estimate of drug-likeness (QED) is 0.889. The summed E-state index contributed by atoms with van der Waals surface area (Å²) in [6, 6.07) is 10.7. The van der Waals surface area contributed by atoms with Crippen molar-refractivity contribution < 1.29 is 14.0 Å². The molecule has 0 aliphatic rings. The molecule has 108 valence electrons. The van der Waals surface area contributed by atoms with E-state index in [1.54, 1.807) is 24.3 Å².